The van der Waals surface area contributed by atoms with E-state index in [1.54, 1.807) is 0 Å². The summed E-state index contributed by atoms with van der Waals surface area (Å²) >= 11 is 0. The smallest absolute Gasteiger partial charge is 0.0831 e. The van der Waals surface area contributed by atoms with Crippen LogP contribution in [0.4, 0.5) is 0 Å². The van der Waals surface area contributed by atoms with Crippen molar-refractivity contribution in [3.05, 3.63) is 0 Å². The van der Waals surface area contributed by atoms with Crippen LogP contribution in [-0.4, -0.2) is 85.6 Å². The van der Waals surface area contributed by atoms with Gasteiger partial charge in [-0.25, -0.2) is 0 Å². The average molecular weight is 241 g/mol. The third kappa shape index (κ3) is 2.48. The van der Waals surface area contributed by atoms with Crippen molar-refractivity contribution in [3.8, 4) is 0 Å². The molecule has 0 radical (unpaired) electrons. The number of β-amino-alcohol motifs (C(OH)–C–C–N with tert-alkyl or cyclic N) is 1. The topological polar surface area (TPSA) is 48.0 Å². The highest BCUT2D eigenvalue weighted by Crippen LogP contribution is 2.21. The molecule has 3 heterocycles. The summed E-state index contributed by atoms with van der Waals surface area (Å²) in [4.78, 5) is 5.02. The van der Waals surface area contributed by atoms with Crippen LogP contribution < -0.4 is 5.32 Å². The number of nitrogens with zero attached hydrogens (tertiary/aromatic N) is 2. The second kappa shape index (κ2) is 5.20. The number of aliphatic hydroxyl groups excluding tert-OH is 1. The van der Waals surface area contributed by atoms with Gasteiger partial charge < -0.3 is 15.2 Å². The molecule has 3 rings (SSSR count). The van der Waals surface area contributed by atoms with E-state index in [2.05, 4.69) is 15.1 Å². The first kappa shape index (κ1) is 11.9. The first-order chi connectivity index (χ1) is 8.34. The molecule has 0 aliphatic carbocycles. The van der Waals surface area contributed by atoms with Gasteiger partial charge in [-0.3, -0.25) is 9.80 Å². The molecule has 3 unspecified atom stereocenters. The molecule has 98 valence electrons. The van der Waals surface area contributed by atoms with Crippen molar-refractivity contribution in [1.82, 2.24) is 15.1 Å². The highest BCUT2D eigenvalue weighted by Gasteiger charge is 2.36. The Bertz CT molecular complexity index is 258. The number of morpholine rings is 1. The maximum atomic E-state index is 9.91. The number of aliphatic hydroxyl groups is 1. The molecule has 0 spiro atoms. The third-order valence-electron chi connectivity index (χ3n) is 4.38. The lowest BCUT2D eigenvalue weighted by Gasteiger charge is -2.33. The van der Waals surface area contributed by atoms with Crippen LogP contribution >= 0.6 is 0 Å². The summed E-state index contributed by atoms with van der Waals surface area (Å²) in [5, 5.41) is 13.2. The Balaban J connectivity index is 1.54. The van der Waals surface area contributed by atoms with E-state index >= 15 is 0 Å². The van der Waals surface area contributed by atoms with Crippen molar-refractivity contribution in [3.63, 3.8) is 0 Å². The molecule has 2 N–H and O–H groups in total. The van der Waals surface area contributed by atoms with Crippen LogP contribution in [0.15, 0.2) is 0 Å². The van der Waals surface area contributed by atoms with Gasteiger partial charge in [-0.05, 0) is 6.42 Å². The molecule has 3 aliphatic rings. The van der Waals surface area contributed by atoms with Crippen molar-refractivity contribution in [2.45, 2.75) is 24.6 Å². The van der Waals surface area contributed by atoms with Gasteiger partial charge in [-0.1, -0.05) is 0 Å². The quantitative estimate of drug-likeness (QED) is 0.631. The minimum Gasteiger partial charge on any atom is -0.390 e. The first-order valence-corrected chi connectivity index (χ1v) is 6.79. The molecule has 0 aromatic carbocycles. The van der Waals surface area contributed by atoms with E-state index in [-0.39, 0.29) is 6.10 Å². The van der Waals surface area contributed by atoms with Gasteiger partial charge in [0.05, 0.1) is 19.3 Å². The zero-order chi connectivity index (χ0) is 11.7. The van der Waals surface area contributed by atoms with Crippen molar-refractivity contribution in [2.75, 3.05) is 52.5 Å². The summed E-state index contributed by atoms with van der Waals surface area (Å²) < 4.78 is 5.40. The van der Waals surface area contributed by atoms with E-state index in [1.165, 1.54) is 6.42 Å². The van der Waals surface area contributed by atoms with Crippen LogP contribution in [0.2, 0.25) is 0 Å². The monoisotopic (exact) mass is 241 g/mol. The van der Waals surface area contributed by atoms with Crippen LogP contribution in [-0.2, 0) is 4.74 Å². The van der Waals surface area contributed by atoms with E-state index in [9.17, 15) is 5.11 Å². The Morgan fingerprint density at radius 2 is 1.88 bits per heavy atom. The van der Waals surface area contributed by atoms with Gasteiger partial charge in [0.2, 0.25) is 0 Å². The SMILES string of the molecule is OC1CNCC1N1CCC(N2CCOCC2)C1. The predicted molar refractivity (Wildman–Crippen MR) is 65.0 cm³/mol. The molecule has 3 atom stereocenters. The molecular weight excluding hydrogens is 218 g/mol. The van der Waals surface area contributed by atoms with Crippen LogP contribution in [0.1, 0.15) is 6.42 Å². The molecule has 0 aromatic rings. The van der Waals surface area contributed by atoms with E-state index in [0.29, 0.717) is 12.1 Å². The van der Waals surface area contributed by atoms with Gasteiger partial charge in [0.1, 0.15) is 0 Å². The van der Waals surface area contributed by atoms with Crippen molar-refractivity contribution in [2.24, 2.45) is 0 Å². The molecule has 5 nitrogen and oxygen atoms in total. The molecule has 3 fully saturated rings. The van der Waals surface area contributed by atoms with E-state index < -0.39 is 0 Å². The molecule has 0 bridgehead atoms. The second-order valence-corrected chi connectivity index (χ2v) is 5.38. The molecule has 5 heteroatoms. The molecule has 0 amide bonds. The van der Waals surface area contributed by atoms with Gasteiger partial charge in [0.25, 0.3) is 0 Å². The van der Waals surface area contributed by atoms with E-state index in [0.717, 1.165) is 52.5 Å². The van der Waals surface area contributed by atoms with Crippen molar-refractivity contribution in [1.29, 1.82) is 0 Å². The Hall–Kier alpha value is -0.200. The highest BCUT2D eigenvalue weighted by molar-refractivity contribution is 4.94. The zero-order valence-electron chi connectivity index (χ0n) is 10.3. The normalized spacial score (nSPS) is 41.1. The van der Waals surface area contributed by atoms with Crippen molar-refractivity contribution < 1.29 is 9.84 Å². The average Bonchev–Trinajstić information content (AvgIpc) is 2.98. The van der Waals surface area contributed by atoms with Crippen LogP contribution in [0.25, 0.3) is 0 Å². The number of hydrogen-bond donors (Lipinski definition) is 2. The number of nitrogens with one attached hydrogen (secondary N) is 1. The summed E-state index contributed by atoms with van der Waals surface area (Å²) in [5.41, 5.74) is 0. The number of hydrogen-bond acceptors (Lipinski definition) is 5. The fraction of sp³-hybridized carbons (Fsp3) is 1.00. The molecule has 0 aromatic heterocycles. The fourth-order valence-corrected chi connectivity index (χ4v) is 3.33. The predicted octanol–water partition coefficient (Wildman–Crippen LogP) is -1.27. The highest BCUT2D eigenvalue weighted by atomic mass is 16.5. The van der Waals surface area contributed by atoms with Crippen LogP contribution in [0.3, 0.4) is 0 Å². The molecular formula is C12H23N3O2. The Morgan fingerprint density at radius 3 is 2.59 bits per heavy atom. The minimum absolute atomic E-state index is 0.182. The zero-order valence-corrected chi connectivity index (χ0v) is 10.3. The third-order valence-corrected chi connectivity index (χ3v) is 4.38. The maximum Gasteiger partial charge on any atom is 0.0831 e. The molecule has 17 heavy (non-hydrogen) atoms. The number of likely N-dealkylation sites (tertiary alicyclic amines) is 1. The first-order valence-electron chi connectivity index (χ1n) is 6.79. The number of ether oxygens (including phenoxy) is 1. The second-order valence-electron chi connectivity index (χ2n) is 5.38. The van der Waals surface area contributed by atoms with Gasteiger partial charge in [0.15, 0.2) is 0 Å². The molecule has 3 aliphatic heterocycles. The number of rotatable bonds is 2. The lowest BCUT2D eigenvalue weighted by atomic mass is 10.2. The lowest BCUT2D eigenvalue weighted by Crippen LogP contribution is -2.47. The van der Waals surface area contributed by atoms with E-state index in [4.69, 9.17) is 4.74 Å². The summed E-state index contributed by atoms with van der Waals surface area (Å²) in [6.07, 6.45) is 1.06. The van der Waals surface area contributed by atoms with Gasteiger partial charge in [-0.2, -0.15) is 0 Å². The summed E-state index contributed by atoms with van der Waals surface area (Å²) in [6.45, 7) is 7.84. The summed E-state index contributed by atoms with van der Waals surface area (Å²) in [6, 6.07) is 1.01. The van der Waals surface area contributed by atoms with Crippen LogP contribution in [0.5, 0.6) is 0 Å². The summed E-state index contributed by atoms with van der Waals surface area (Å²) in [7, 11) is 0. The van der Waals surface area contributed by atoms with Crippen LogP contribution in [0, 0.1) is 0 Å². The van der Waals surface area contributed by atoms with Crippen molar-refractivity contribution >= 4 is 0 Å². The molecule has 3 saturated heterocycles. The Labute approximate surface area is 103 Å². The standard InChI is InChI=1S/C12H23N3O2/c16-12-8-13-7-11(12)15-2-1-10(9-15)14-3-5-17-6-4-14/h10-13,16H,1-9H2. The maximum absolute atomic E-state index is 9.91. The van der Waals surface area contributed by atoms with Gasteiger partial charge in [-0.15, -0.1) is 0 Å². The Morgan fingerprint density at radius 1 is 1.06 bits per heavy atom. The molecule has 0 saturated carbocycles. The summed E-state index contributed by atoms with van der Waals surface area (Å²) in [5.74, 6) is 0. The Kier molecular flexibility index (Phi) is 3.63. The largest absolute Gasteiger partial charge is 0.390 e. The minimum atomic E-state index is -0.182. The van der Waals surface area contributed by atoms with Gasteiger partial charge >= 0.3 is 0 Å². The van der Waals surface area contributed by atoms with E-state index in [1.807, 2.05) is 0 Å². The lowest BCUT2D eigenvalue weighted by molar-refractivity contribution is 0.0158. The van der Waals surface area contributed by atoms with Gasteiger partial charge in [0, 0.05) is 51.4 Å². The fourth-order valence-electron chi connectivity index (χ4n) is 3.33.